The molecule has 1 saturated carbocycles. The Morgan fingerprint density at radius 1 is 1.37 bits per heavy atom. The van der Waals surface area contributed by atoms with Gasteiger partial charge in [-0.15, -0.1) is 0 Å². The molecule has 1 heterocycles. The van der Waals surface area contributed by atoms with Gasteiger partial charge in [-0.2, -0.15) is 0 Å². The van der Waals surface area contributed by atoms with Gasteiger partial charge in [-0.25, -0.2) is 5.84 Å². The minimum atomic E-state index is -0.425. The summed E-state index contributed by atoms with van der Waals surface area (Å²) in [5, 5.41) is 0. The largest absolute Gasteiger partial charge is 0.453 e. The fourth-order valence-electron chi connectivity index (χ4n) is 2.86. The topological polar surface area (TPSA) is 77.5 Å². The van der Waals surface area contributed by atoms with Crippen molar-refractivity contribution in [1.29, 1.82) is 0 Å². The Kier molecular flexibility index (Phi) is 4.61. The van der Waals surface area contributed by atoms with E-state index in [1.165, 1.54) is 6.42 Å². The van der Waals surface area contributed by atoms with E-state index in [-0.39, 0.29) is 11.9 Å². The van der Waals surface area contributed by atoms with Gasteiger partial charge in [0.15, 0.2) is 5.76 Å². The Labute approximate surface area is 113 Å². The first kappa shape index (κ1) is 14.1. The van der Waals surface area contributed by atoms with E-state index >= 15 is 0 Å². The van der Waals surface area contributed by atoms with Gasteiger partial charge in [0, 0.05) is 0 Å². The lowest BCUT2D eigenvalue weighted by Crippen LogP contribution is -2.29. The molecule has 0 saturated heterocycles. The lowest BCUT2D eigenvalue weighted by molar-refractivity contribution is -0.0158. The normalized spacial score (nSPS) is 27.2. The van der Waals surface area contributed by atoms with Gasteiger partial charge in [0.1, 0.15) is 12.4 Å². The molecule has 1 aliphatic rings. The van der Waals surface area contributed by atoms with E-state index in [2.05, 4.69) is 13.8 Å². The van der Waals surface area contributed by atoms with E-state index in [1.807, 2.05) is 5.43 Å². The molecule has 1 fully saturated rings. The Balaban J connectivity index is 1.85. The summed E-state index contributed by atoms with van der Waals surface area (Å²) >= 11 is 0. The quantitative estimate of drug-likeness (QED) is 0.497. The number of furan rings is 1. The summed E-state index contributed by atoms with van der Waals surface area (Å²) in [4.78, 5) is 11.2. The van der Waals surface area contributed by atoms with E-state index in [1.54, 1.807) is 12.1 Å². The minimum Gasteiger partial charge on any atom is -0.453 e. The summed E-state index contributed by atoms with van der Waals surface area (Å²) in [6.45, 7) is 4.94. The number of hydrogen-bond acceptors (Lipinski definition) is 4. The van der Waals surface area contributed by atoms with E-state index in [9.17, 15) is 4.79 Å². The SMILES string of the molecule is CC1CC(C)CC(OCc2ccc(C(=O)NN)o2)C1. The number of ether oxygens (including phenoxy) is 1. The highest BCUT2D eigenvalue weighted by Crippen LogP contribution is 2.30. The summed E-state index contributed by atoms with van der Waals surface area (Å²) in [6.07, 6.45) is 3.76. The fourth-order valence-corrected chi connectivity index (χ4v) is 2.86. The average molecular weight is 266 g/mol. The van der Waals surface area contributed by atoms with Crippen LogP contribution < -0.4 is 11.3 Å². The molecule has 3 N–H and O–H groups in total. The molecular formula is C14H22N2O3. The number of carbonyl (C=O) groups is 1. The molecular weight excluding hydrogens is 244 g/mol. The second-order valence-corrected chi connectivity index (χ2v) is 5.59. The third kappa shape index (κ3) is 3.81. The van der Waals surface area contributed by atoms with Crippen LogP contribution in [0, 0.1) is 11.8 Å². The van der Waals surface area contributed by atoms with E-state index in [4.69, 9.17) is 15.0 Å². The first-order valence-corrected chi connectivity index (χ1v) is 6.79. The number of rotatable bonds is 4. The standard InChI is InChI=1S/C14H22N2O3/c1-9-5-10(2)7-12(6-9)18-8-11-3-4-13(19-11)14(17)16-15/h3-4,9-10,12H,5-8,15H2,1-2H3,(H,16,17). The van der Waals surface area contributed by atoms with Crippen molar-refractivity contribution in [3.8, 4) is 0 Å². The molecule has 19 heavy (non-hydrogen) atoms. The summed E-state index contributed by atoms with van der Waals surface area (Å²) in [5.41, 5.74) is 2.04. The second-order valence-electron chi connectivity index (χ2n) is 5.59. The maximum Gasteiger partial charge on any atom is 0.300 e. The Hall–Kier alpha value is -1.33. The van der Waals surface area contributed by atoms with Gasteiger partial charge < -0.3 is 9.15 Å². The summed E-state index contributed by atoms with van der Waals surface area (Å²) in [6, 6.07) is 3.35. The first-order chi connectivity index (χ1) is 9.08. The molecule has 2 unspecified atom stereocenters. The number of amides is 1. The van der Waals surface area contributed by atoms with Gasteiger partial charge in [-0.1, -0.05) is 13.8 Å². The Morgan fingerprint density at radius 2 is 2.05 bits per heavy atom. The van der Waals surface area contributed by atoms with Crippen LogP contribution in [0.15, 0.2) is 16.5 Å². The summed E-state index contributed by atoms with van der Waals surface area (Å²) in [7, 11) is 0. The van der Waals surface area contributed by atoms with Crippen molar-refractivity contribution in [3.63, 3.8) is 0 Å². The van der Waals surface area contributed by atoms with Crippen molar-refractivity contribution in [1.82, 2.24) is 5.43 Å². The van der Waals surface area contributed by atoms with Gasteiger partial charge in [0.05, 0.1) is 6.10 Å². The molecule has 0 bridgehead atoms. The highest BCUT2D eigenvalue weighted by atomic mass is 16.5. The molecule has 1 aliphatic carbocycles. The maximum absolute atomic E-state index is 11.2. The molecule has 106 valence electrons. The van der Waals surface area contributed by atoms with Crippen molar-refractivity contribution in [3.05, 3.63) is 23.7 Å². The minimum absolute atomic E-state index is 0.214. The average Bonchev–Trinajstić information content (AvgIpc) is 2.83. The second kappa shape index (κ2) is 6.21. The zero-order valence-electron chi connectivity index (χ0n) is 11.5. The van der Waals surface area contributed by atoms with Gasteiger partial charge in [0.2, 0.25) is 0 Å². The van der Waals surface area contributed by atoms with Crippen LogP contribution in [0.2, 0.25) is 0 Å². The van der Waals surface area contributed by atoms with Gasteiger partial charge in [-0.05, 0) is 43.2 Å². The zero-order valence-corrected chi connectivity index (χ0v) is 11.5. The van der Waals surface area contributed by atoms with Crippen molar-refractivity contribution in [2.24, 2.45) is 17.7 Å². The molecule has 0 aromatic carbocycles. The smallest absolute Gasteiger partial charge is 0.300 e. The molecule has 5 heteroatoms. The Morgan fingerprint density at radius 3 is 2.68 bits per heavy atom. The summed E-state index contributed by atoms with van der Waals surface area (Å²) < 4.78 is 11.2. The highest BCUT2D eigenvalue weighted by Gasteiger charge is 2.24. The monoisotopic (exact) mass is 266 g/mol. The van der Waals surface area contributed by atoms with Gasteiger partial charge in [0.25, 0.3) is 0 Å². The Bertz CT molecular complexity index is 420. The van der Waals surface area contributed by atoms with Gasteiger partial charge >= 0.3 is 5.91 Å². The number of hydrogen-bond donors (Lipinski definition) is 2. The predicted molar refractivity (Wildman–Crippen MR) is 71.1 cm³/mol. The third-order valence-electron chi connectivity index (χ3n) is 3.61. The zero-order chi connectivity index (χ0) is 13.8. The number of nitrogen functional groups attached to an aromatic ring is 1. The molecule has 0 aliphatic heterocycles. The van der Waals surface area contributed by atoms with Gasteiger partial charge in [-0.3, -0.25) is 10.2 Å². The maximum atomic E-state index is 11.2. The van der Waals surface area contributed by atoms with Crippen LogP contribution in [0.4, 0.5) is 0 Å². The number of nitrogens with one attached hydrogen (secondary N) is 1. The van der Waals surface area contributed by atoms with E-state index in [0.717, 1.165) is 12.8 Å². The van der Waals surface area contributed by atoms with Crippen LogP contribution in [0.5, 0.6) is 0 Å². The van der Waals surface area contributed by atoms with Crippen LogP contribution in [0.1, 0.15) is 49.4 Å². The van der Waals surface area contributed by atoms with Crippen molar-refractivity contribution in [2.45, 2.75) is 45.8 Å². The predicted octanol–water partition coefficient (Wildman–Crippen LogP) is 2.22. The lowest BCUT2D eigenvalue weighted by atomic mass is 9.82. The molecule has 2 atom stereocenters. The molecule has 1 amide bonds. The van der Waals surface area contributed by atoms with E-state index < -0.39 is 5.91 Å². The number of hydrazine groups is 1. The molecule has 1 aromatic heterocycles. The first-order valence-electron chi connectivity index (χ1n) is 6.79. The number of nitrogens with two attached hydrogens (primary N) is 1. The van der Waals surface area contributed by atoms with Crippen LogP contribution in [-0.4, -0.2) is 12.0 Å². The van der Waals surface area contributed by atoms with Crippen LogP contribution in [0.25, 0.3) is 0 Å². The molecule has 0 radical (unpaired) electrons. The molecule has 5 nitrogen and oxygen atoms in total. The highest BCUT2D eigenvalue weighted by molar-refractivity contribution is 5.90. The van der Waals surface area contributed by atoms with Crippen molar-refractivity contribution >= 4 is 5.91 Å². The fraction of sp³-hybridized carbons (Fsp3) is 0.643. The molecule has 1 aromatic rings. The number of carbonyl (C=O) groups excluding carboxylic acids is 1. The third-order valence-corrected chi connectivity index (χ3v) is 3.61. The lowest BCUT2D eigenvalue weighted by Gasteiger charge is -2.31. The van der Waals surface area contributed by atoms with E-state index in [0.29, 0.717) is 24.2 Å². The van der Waals surface area contributed by atoms with Crippen LogP contribution in [-0.2, 0) is 11.3 Å². The van der Waals surface area contributed by atoms with Crippen LogP contribution in [0.3, 0.4) is 0 Å². The van der Waals surface area contributed by atoms with Crippen molar-refractivity contribution in [2.75, 3.05) is 0 Å². The molecule has 2 rings (SSSR count). The molecule has 0 spiro atoms. The van der Waals surface area contributed by atoms with Crippen LogP contribution >= 0.6 is 0 Å². The summed E-state index contributed by atoms with van der Waals surface area (Å²) in [5.74, 6) is 6.91. The van der Waals surface area contributed by atoms with Crippen molar-refractivity contribution < 1.29 is 13.9 Å².